The average molecular weight is 380 g/mol. The van der Waals surface area contributed by atoms with Crippen molar-refractivity contribution in [3.05, 3.63) is 62.7 Å². The van der Waals surface area contributed by atoms with Gasteiger partial charge in [-0.1, -0.05) is 0 Å². The SMILES string of the molecule is COC(=O)c1cc(F)c(OCCc2cc([N+](=O)[O-])c(C=O)cc2F)cc1N. The van der Waals surface area contributed by atoms with Crippen LogP contribution in [0.15, 0.2) is 24.3 Å². The summed E-state index contributed by atoms with van der Waals surface area (Å²) in [7, 11) is 1.12. The number of methoxy groups -OCH3 is 1. The van der Waals surface area contributed by atoms with Crippen LogP contribution in [0.25, 0.3) is 0 Å². The lowest BCUT2D eigenvalue weighted by Crippen LogP contribution is -2.09. The van der Waals surface area contributed by atoms with Crippen molar-refractivity contribution in [1.29, 1.82) is 0 Å². The molecule has 0 amide bonds. The van der Waals surface area contributed by atoms with E-state index >= 15 is 0 Å². The molecule has 10 heteroatoms. The maximum Gasteiger partial charge on any atom is 0.340 e. The van der Waals surface area contributed by atoms with E-state index in [9.17, 15) is 28.5 Å². The van der Waals surface area contributed by atoms with E-state index in [0.29, 0.717) is 0 Å². The first-order valence-electron chi connectivity index (χ1n) is 7.50. The minimum Gasteiger partial charge on any atom is -0.490 e. The highest BCUT2D eigenvalue weighted by Gasteiger charge is 2.19. The number of aldehydes is 1. The molecule has 0 heterocycles. The van der Waals surface area contributed by atoms with Crippen LogP contribution in [0.4, 0.5) is 20.2 Å². The smallest absolute Gasteiger partial charge is 0.340 e. The van der Waals surface area contributed by atoms with Crippen molar-refractivity contribution in [2.45, 2.75) is 6.42 Å². The van der Waals surface area contributed by atoms with Gasteiger partial charge in [0.25, 0.3) is 5.69 Å². The first-order chi connectivity index (χ1) is 12.8. The molecule has 0 atom stereocenters. The Morgan fingerprint density at radius 2 is 1.96 bits per heavy atom. The topological polar surface area (TPSA) is 122 Å². The molecule has 2 aromatic rings. The number of anilines is 1. The third kappa shape index (κ3) is 4.35. The van der Waals surface area contributed by atoms with Crippen molar-refractivity contribution in [2.75, 3.05) is 19.5 Å². The summed E-state index contributed by atoms with van der Waals surface area (Å²) in [5, 5.41) is 10.9. The van der Waals surface area contributed by atoms with Gasteiger partial charge in [0.1, 0.15) is 5.82 Å². The average Bonchev–Trinajstić information content (AvgIpc) is 2.64. The van der Waals surface area contributed by atoms with E-state index < -0.39 is 28.2 Å². The van der Waals surface area contributed by atoms with E-state index in [1.165, 1.54) is 0 Å². The van der Waals surface area contributed by atoms with E-state index in [4.69, 9.17) is 10.5 Å². The molecule has 0 fully saturated rings. The van der Waals surface area contributed by atoms with E-state index in [2.05, 4.69) is 4.74 Å². The van der Waals surface area contributed by atoms with Gasteiger partial charge in [0.15, 0.2) is 17.9 Å². The number of hydrogen-bond acceptors (Lipinski definition) is 7. The Balaban J connectivity index is 2.16. The molecule has 142 valence electrons. The molecule has 0 aliphatic carbocycles. The fourth-order valence-corrected chi connectivity index (χ4v) is 2.30. The van der Waals surface area contributed by atoms with Crippen LogP contribution in [0.5, 0.6) is 5.75 Å². The van der Waals surface area contributed by atoms with Crippen molar-refractivity contribution in [1.82, 2.24) is 0 Å². The number of nitrogens with two attached hydrogens (primary N) is 1. The number of nitro benzene ring substituents is 1. The highest BCUT2D eigenvalue weighted by atomic mass is 19.1. The van der Waals surface area contributed by atoms with E-state index in [1.807, 2.05) is 0 Å². The predicted molar refractivity (Wildman–Crippen MR) is 89.8 cm³/mol. The molecule has 0 unspecified atom stereocenters. The number of ether oxygens (including phenoxy) is 2. The number of nitro groups is 1. The molecule has 0 aliphatic heterocycles. The summed E-state index contributed by atoms with van der Waals surface area (Å²) in [4.78, 5) is 32.3. The molecule has 0 saturated heterocycles. The molecule has 2 aromatic carbocycles. The summed E-state index contributed by atoms with van der Waals surface area (Å²) in [6, 6.07) is 3.61. The number of benzene rings is 2. The van der Waals surface area contributed by atoms with Crippen LogP contribution >= 0.6 is 0 Å². The second-order valence-corrected chi connectivity index (χ2v) is 5.34. The summed E-state index contributed by atoms with van der Waals surface area (Å²) in [5.41, 5.74) is 4.39. The van der Waals surface area contributed by atoms with Gasteiger partial charge in [-0.25, -0.2) is 13.6 Å². The summed E-state index contributed by atoms with van der Waals surface area (Å²) >= 11 is 0. The second kappa shape index (κ2) is 8.21. The Hall–Kier alpha value is -3.56. The van der Waals surface area contributed by atoms with Gasteiger partial charge in [0, 0.05) is 18.6 Å². The molecule has 0 bridgehead atoms. The Morgan fingerprint density at radius 3 is 2.56 bits per heavy atom. The number of nitrogen functional groups attached to an aromatic ring is 1. The number of carbonyl (C=O) groups is 2. The molecule has 2 rings (SSSR count). The predicted octanol–water partition coefficient (Wildman–Crippen LogP) is 2.68. The molecule has 8 nitrogen and oxygen atoms in total. The van der Waals surface area contributed by atoms with Gasteiger partial charge in [-0.2, -0.15) is 0 Å². The summed E-state index contributed by atoms with van der Waals surface area (Å²) in [6.07, 6.45) is 0.0480. The number of carbonyl (C=O) groups excluding carboxylic acids is 2. The van der Waals surface area contributed by atoms with E-state index in [0.717, 1.165) is 31.4 Å². The lowest BCUT2D eigenvalue weighted by atomic mass is 10.1. The van der Waals surface area contributed by atoms with Crippen LogP contribution < -0.4 is 10.5 Å². The molecule has 0 radical (unpaired) electrons. The van der Waals surface area contributed by atoms with Gasteiger partial charge in [0.2, 0.25) is 0 Å². The molecular formula is C17H14F2N2O6. The monoisotopic (exact) mass is 380 g/mol. The molecule has 2 N–H and O–H groups in total. The van der Waals surface area contributed by atoms with Crippen molar-refractivity contribution < 1.29 is 32.8 Å². The standard InChI is InChI=1S/C17H14F2N2O6/c1-26-17(23)11-6-13(19)16(7-14(11)20)27-3-2-9-5-15(21(24)25)10(8-22)4-12(9)18/h4-8H,2-3,20H2,1H3. The van der Waals surface area contributed by atoms with Gasteiger partial charge < -0.3 is 15.2 Å². The van der Waals surface area contributed by atoms with Crippen LogP contribution in [0.1, 0.15) is 26.3 Å². The Kier molecular flexibility index (Phi) is 6.01. The van der Waals surface area contributed by atoms with E-state index in [-0.39, 0.29) is 47.4 Å². The van der Waals surface area contributed by atoms with Gasteiger partial charge in [0.05, 0.1) is 35.5 Å². The largest absolute Gasteiger partial charge is 0.490 e. The van der Waals surface area contributed by atoms with Crippen molar-refractivity contribution in [3.8, 4) is 5.75 Å². The van der Waals surface area contributed by atoms with E-state index in [1.54, 1.807) is 0 Å². The highest BCUT2D eigenvalue weighted by molar-refractivity contribution is 5.95. The van der Waals surface area contributed by atoms with Gasteiger partial charge in [-0.3, -0.25) is 14.9 Å². The van der Waals surface area contributed by atoms with Crippen LogP contribution in [0.3, 0.4) is 0 Å². The minimum absolute atomic E-state index is 0.0737. The van der Waals surface area contributed by atoms with Crippen molar-refractivity contribution >= 4 is 23.6 Å². The Labute approximate surface area is 151 Å². The van der Waals surface area contributed by atoms with Crippen LogP contribution in [-0.2, 0) is 11.2 Å². The lowest BCUT2D eigenvalue weighted by Gasteiger charge is -2.11. The second-order valence-electron chi connectivity index (χ2n) is 5.34. The fraction of sp³-hybridized carbons (Fsp3) is 0.176. The zero-order valence-corrected chi connectivity index (χ0v) is 14.0. The van der Waals surface area contributed by atoms with Crippen LogP contribution in [0, 0.1) is 21.7 Å². The molecule has 0 saturated carbocycles. The first-order valence-corrected chi connectivity index (χ1v) is 7.50. The lowest BCUT2D eigenvalue weighted by molar-refractivity contribution is -0.385. The number of nitrogens with zero attached hydrogens (tertiary/aromatic N) is 1. The van der Waals surface area contributed by atoms with Crippen LogP contribution in [0.2, 0.25) is 0 Å². The number of hydrogen-bond donors (Lipinski definition) is 1. The normalized spacial score (nSPS) is 10.3. The van der Waals surface area contributed by atoms with Crippen molar-refractivity contribution in [3.63, 3.8) is 0 Å². The minimum atomic E-state index is -0.882. The fourth-order valence-electron chi connectivity index (χ4n) is 2.30. The molecule has 0 aromatic heterocycles. The van der Waals surface area contributed by atoms with Gasteiger partial charge >= 0.3 is 5.97 Å². The zero-order valence-electron chi connectivity index (χ0n) is 14.0. The first kappa shape index (κ1) is 19.8. The summed E-state index contributed by atoms with van der Waals surface area (Å²) in [5.74, 6) is -2.80. The third-order valence-corrected chi connectivity index (χ3v) is 3.66. The number of esters is 1. The quantitative estimate of drug-likeness (QED) is 0.258. The van der Waals surface area contributed by atoms with Crippen LogP contribution in [-0.4, -0.2) is 30.9 Å². The molecule has 27 heavy (non-hydrogen) atoms. The van der Waals surface area contributed by atoms with Crippen molar-refractivity contribution in [2.24, 2.45) is 0 Å². The van der Waals surface area contributed by atoms with Gasteiger partial charge in [-0.05, 0) is 17.7 Å². The molecule has 0 spiro atoms. The number of rotatable bonds is 7. The highest BCUT2D eigenvalue weighted by Crippen LogP contribution is 2.26. The Morgan fingerprint density at radius 1 is 1.26 bits per heavy atom. The molecular weight excluding hydrogens is 366 g/mol. The Bertz CT molecular complexity index is 917. The number of halogens is 2. The maximum atomic E-state index is 14.0. The summed E-state index contributed by atoms with van der Waals surface area (Å²) in [6.45, 7) is -0.234. The zero-order chi connectivity index (χ0) is 20.1. The molecule has 0 aliphatic rings. The third-order valence-electron chi connectivity index (χ3n) is 3.66. The summed E-state index contributed by atoms with van der Waals surface area (Å²) < 4.78 is 37.6. The maximum absolute atomic E-state index is 14.0. The van der Waals surface area contributed by atoms with Gasteiger partial charge in [-0.15, -0.1) is 0 Å².